The summed E-state index contributed by atoms with van der Waals surface area (Å²) in [7, 11) is 2.66. The Morgan fingerprint density at radius 3 is 2.52 bits per heavy atom. The number of carbonyl (C=O) groups is 1. The summed E-state index contributed by atoms with van der Waals surface area (Å²) in [6, 6.07) is 21.6. The van der Waals surface area contributed by atoms with Gasteiger partial charge in [-0.2, -0.15) is 0 Å². The maximum absolute atomic E-state index is 12.2. The molecule has 4 rings (SSSR count). The number of fused-ring (bicyclic) bond motifs is 1. The Hall–Kier alpha value is -3.37. The van der Waals surface area contributed by atoms with Gasteiger partial charge in [-0.15, -0.1) is 9.24 Å². The number of benzene rings is 2. The molecule has 2 aromatic heterocycles. The zero-order valence-electron chi connectivity index (χ0n) is 17.1. The van der Waals surface area contributed by atoms with Crippen molar-refractivity contribution >= 4 is 37.6 Å². The minimum absolute atomic E-state index is 0.272. The van der Waals surface area contributed by atoms with Gasteiger partial charge in [-0.25, -0.2) is 14.8 Å². The number of aromatic nitrogens is 3. The Labute approximate surface area is 183 Å². The number of pyridine rings is 1. The van der Waals surface area contributed by atoms with Crippen molar-refractivity contribution in [2.24, 2.45) is 0 Å². The average Bonchev–Trinajstić information content (AvgIpc) is 2.79. The Morgan fingerprint density at radius 2 is 1.71 bits per heavy atom. The van der Waals surface area contributed by atoms with Gasteiger partial charge in [0.2, 0.25) is 0 Å². The van der Waals surface area contributed by atoms with Gasteiger partial charge in [-0.1, -0.05) is 54.6 Å². The molecule has 2 amide bonds. The molecular weight excluding hydrogens is 405 g/mol. The lowest BCUT2D eigenvalue weighted by atomic mass is 10.1. The fourth-order valence-electron chi connectivity index (χ4n) is 3.22. The minimum atomic E-state index is -0.272. The quantitative estimate of drug-likeness (QED) is 0.338. The van der Waals surface area contributed by atoms with Gasteiger partial charge in [0.05, 0.1) is 11.9 Å². The number of urea groups is 1. The van der Waals surface area contributed by atoms with Crippen molar-refractivity contribution in [3.63, 3.8) is 0 Å². The third kappa shape index (κ3) is 5.83. The van der Waals surface area contributed by atoms with Crippen molar-refractivity contribution in [1.82, 2.24) is 20.3 Å². The van der Waals surface area contributed by atoms with Crippen LogP contribution in [-0.2, 0) is 6.42 Å². The molecule has 1 unspecified atom stereocenters. The normalized spacial score (nSPS) is 10.7. The number of carbonyl (C=O) groups excluding carboxylic acids is 1. The maximum Gasteiger partial charge on any atom is 0.320 e. The second kappa shape index (κ2) is 10.1. The molecule has 6 nitrogen and oxygen atoms in total. The van der Waals surface area contributed by atoms with Crippen LogP contribution in [0.5, 0.6) is 0 Å². The lowest BCUT2D eigenvalue weighted by Crippen LogP contribution is -2.29. The van der Waals surface area contributed by atoms with Crippen LogP contribution in [0.3, 0.4) is 0 Å². The molecule has 0 bridgehead atoms. The molecule has 2 heterocycles. The molecule has 0 saturated carbocycles. The van der Waals surface area contributed by atoms with Crippen LogP contribution in [0.2, 0.25) is 0 Å². The second-order valence-electron chi connectivity index (χ2n) is 7.24. The number of nitrogens with zero attached hydrogens (tertiary/aromatic N) is 3. The van der Waals surface area contributed by atoms with E-state index in [-0.39, 0.29) is 6.03 Å². The highest BCUT2D eigenvalue weighted by molar-refractivity contribution is 7.27. The molecule has 1 atom stereocenters. The van der Waals surface area contributed by atoms with Gasteiger partial charge < -0.3 is 5.32 Å². The van der Waals surface area contributed by atoms with Gasteiger partial charge in [0, 0.05) is 12.1 Å². The first-order valence-corrected chi connectivity index (χ1v) is 10.8. The Balaban J connectivity index is 1.32. The molecule has 2 aromatic carbocycles. The lowest BCUT2D eigenvalue weighted by molar-refractivity contribution is 0.252. The molecule has 156 valence electrons. The molecule has 0 fully saturated rings. The van der Waals surface area contributed by atoms with E-state index in [1.165, 1.54) is 5.56 Å². The topological polar surface area (TPSA) is 79.8 Å². The fourth-order valence-corrected chi connectivity index (χ4v) is 3.41. The summed E-state index contributed by atoms with van der Waals surface area (Å²) in [6.45, 7) is 0.613. The number of hydrogen-bond acceptors (Lipinski definition) is 4. The Morgan fingerprint density at radius 1 is 0.903 bits per heavy atom. The summed E-state index contributed by atoms with van der Waals surface area (Å²) in [5.74, 6) is 0.445. The van der Waals surface area contributed by atoms with Crippen LogP contribution in [0.4, 0.5) is 10.6 Å². The molecule has 31 heavy (non-hydrogen) atoms. The number of rotatable bonds is 7. The van der Waals surface area contributed by atoms with Crippen molar-refractivity contribution in [2.45, 2.75) is 19.3 Å². The highest BCUT2D eigenvalue weighted by Gasteiger charge is 2.07. The molecule has 2 N–H and O–H groups in total. The SMILES string of the molecule is O=C(NCCCCc1ccccc1)Nc1ccc2ncc(-c3ccc(P)cc3)nc2n1. The molecule has 0 aliphatic carbocycles. The molecule has 4 aromatic rings. The van der Waals surface area contributed by atoms with Gasteiger partial charge in [0.1, 0.15) is 11.3 Å². The van der Waals surface area contributed by atoms with Crippen LogP contribution < -0.4 is 15.9 Å². The number of hydrogen-bond donors (Lipinski definition) is 2. The van der Waals surface area contributed by atoms with Crippen LogP contribution in [0.15, 0.2) is 72.9 Å². The lowest BCUT2D eigenvalue weighted by Gasteiger charge is -2.08. The van der Waals surface area contributed by atoms with Crippen LogP contribution in [-0.4, -0.2) is 27.5 Å². The van der Waals surface area contributed by atoms with Crippen LogP contribution in [0, 0.1) is 0 Å². The summed E-state index contributed by atoms with van der Waals surface area (Å²) < 4.78 is 0. The average molecular weight is 429 g/mol. The molecule has 7 heteroatoms. The van der Waals surface area contributed by atoms with Gasteiger partial charge >= 0.3 is 6.03 Å². The van der Waals surface area contributed by atoms with Crippen LogP contribution >= 0.6 is 9.24 Å². The van der Waals surface area contributed by atoms with E-state index >= 15 is 0 Å². The van der Waals surface area contributed by atoms with E-state index in [1.54, 1.807) is 18.3 Å². The largest absolute Gasteiger partial charge is 0.338 e. The summed E-state index contributed by atoms with van der Waals surface area (Å²) >= 11 is 0. The molecule has 0 aliphatic rings. The first-order valence-electron chi connectivity index (χ1n) is 10.3. The van der Waals surface area contributed by atoms with Gasteiger partial charge in [0.15, 0.2) is 5.65 Å². The van der Waals surface area contributed by atoms with E-state index in [1.807, 2.05) is 42.5 Å². The minimum Gasteiger partial charge on any atom is -0.338 e. The second-order valence-corrected chi connectivity index (χ2v) is 7.91. The molecule has 0 saturated heterocycles. The summed E-state index contributed by atoms with van der Waals surface area (Å²) in [5, 5.41) is 6.76. The Bertz CT molecular complexity index is 1170. The van der Waals surface area contributed by atoms with Crippen LogP contribution in [0.25, 0.3) is 22.4 Å². The Kier molecular flexibility index (Phi) is 6.80. The number of amides is 2. The maximum atomic E-state index is 12.2. The van der Waals surface area contributed by atoms with Crippen LogP contribution in [0.1, 0.15) is 18.4 Å². The molecule has 0 radical (unpaired) electrons. The van der Waals surface area contributed by atoms with E-state index in [4.69, 9.17) is 0 Å². The smallest absolute Gasteiger partial charge is 0.320 e. The summed E-state index contributed by atoms with van der Waals surface area (Å²) in [5.41, 5.74) is 4.20. The van der Waals surface area contributed by atoms with E-state index in [9.17, 15) is 4.79 Å². The summed E-state index contributed by atoms with van der Waals surface area (Å²) in [4.78, 5) is 25.7. The van der Waals surface area contributed by atoms with Gasteiger partial charge in [-0.05, 0) is 42.3 Å². The predicted octanol–water partition coefficient (Wildman–Crippen LogP) is 4.34. The van der Waals surface area contributed by atoms with Crippen molar-refractivity contribution in [3.8, 4) is 11.3 Å². The fraction of sp³-hybridized carbons (Fsp3) is 0.167. The predicted molar refractivity (Wildman–Crippen MR) is 129 cm³/mol. The van der Waals surface area contributed by atoms with Crippen molar-refractivity contribution in [1.29, 1.82) is 0 Å². The standard InChI is InChI=1S/C24H24N5OP/c30-24(25-15-5-4-8-17-6-2-1-3-7-17)29-22-14-13-20-23(28-22)27-21(16-26-20)18-9-11-19(31)12-10-18/h1-3,6-7,9-14,16H,4-5,8,15,31H2,(H2,25,27,28,29,30). The summed E-state index contributed by atoms with van der Waals surface area (Å²) in [6.07, 6.45) is 4.68. The first-order chi connectivity index (χ1) is 15.2. The third-order valence-electron chi connectivity index (χ3n) is 4.88. The van der Waals surface area contributed by atoms with E-state index in [2.05, 4.69) is 47.0 Å². The van der Waals surface area contributed by atoms with Crippen molar-refractivity contribution < 1.29 is 4.79 Å². The van der Waals surface area contributed by atoms with Gasteiger partial charge in [-0.3, -0.25) is 10.3 Å². The number of nitrogens with one attached hydrogen (secondary N) is 2. The van der Waals surface area contributed by atoms with E-state index < -0.39 is 0 Å². The zero-order chi connectivity index (χ0) is 21.5. The highest BCUT2D eigenvalue weighted by atomic mass is 31.0. The number of unbranched alkanes of at least 4 members (excludes halogenated alkanes) is 1. The van der Waals surface area contributed by atoms with E-state index in [0.29, 0.717) is 23.5 Å². The number of aryl methyl sites for hydroxylation is 1. The van der Waals surface area contributed by atoms with E-state index in [0.717, 1.165) is 35.8 Å². The van der Waals surface area contributed by atoms with Crippen molar-refractivity contribution in [3.05, 3.63) is 78.5 Å². The third-order valence-corrected chi connectivity index (χ3v) is 5.26. The molecular formula is C24H24N5OP. The van der Waals surface area contributed by atoms with Gasteiger partial charge in [0.25, 0.3) is 0 Å². The molecule has 0 spiro atoms. The number of anilines is 1. The monoisotopic (exact) mass is 429 g/mol. The zero-order valence-corrected chi connectivity index (χ0v) is 18.2. The molecule has 0 aliphatic heterocycles. The van der Waals surface area contributed by atoms with Crippen molar-refractivity contribution in [2.75, 3.05) is 11.9 Å². The first kappa shape index (κ1) is 20.9. The highest BCUT2D eigenvalue weighted by Crippen LogP contribution is 2.19.